The summed E-state index contributed by atoms with van der Waals surface area (Å²) in [7, 11) is 1.65. The lowest BCUT2D eigenvalue weighted by molar-refractivity contribution is 0.231. The Bertz CT molecular complexity index is 680. The van der Waals surface area contributed by atoms with Crippen LogP contribution in [0.3, 0.4) is 0 Å². The van der Waals surface area contributed by atoms with E-state index in [1.54, 1.807) is 7.11 Å². The number of benzene rings is 2. The zero-order chi connectivity index (χ0) is 16.2. The fraction of sp³-hybridized carbons (Fsp3) is 0.333. The van der Waals surface area contributed by atoms with E-state index in [4.69, 9.17) is 16.3 Å². The zero-order valence-corrected chi connectivity index (χ0v) is 14.5. The molecule has 2 unspecified atom stereocenters. The summed E-state index contributed by atoms with van der Waals surface area (Å²) in [6.45, 7) is 0.0344. The first-order valence-corrected chi connectivity index (χ1v) is 9.00. The highest BCUT2D eigenvalue weighted by Crippen LogP contribution is 2.38. The Morgan fingerprint density at radius 1 is 1.35 bits per heavy atom. The summed E-state index contributed by atoms with van der Waals surface area (Å²) in [6, 6.07) is 13.9. The summed E-state index contributed by atoms with van der Waals surface area (Å²) in [4.78, 5) is 1.26. The van der Waals surface area contributed by atoms with Gasteiger partial charge in [0, 0.05) is 16.0 Å². The lowest BCUT2D eigenvalue weighted by atomic mass is 10.00. The molecule has 0 saturated carbocycles. The Morgan fingerprint density at radius 2 is 2.22 bits per heavy atom. The van der Waals surface area contributed by atoms with Crippen molar-refractivity contribution in [3.8, 4) is 5.75 Å². The Hall–Kier alpha value is -1.20. The molecule has 5 heteroatoms. The number of methoxy groups -OCH3 is 1. The summed E-state index contributed by atoms with van der Waals surface area (Å²) >= 11 is 8.02. The van der Waals surface area contributed by atoms with Crippen LogP contribution in [0.2, 0.25) is 5.02 Å². The summed E-state index contributed by atoms with van der Waals surface area (Å²) < 4.78 is 5.28. The molecule has 1 aliphatic rings. The van der Waals surface area contributed by atoms with Gasteiger partial charge in [-0.05, 0) is 53.6 Å². The van der Waals surface area contributed by atoms with E-state index in [0.717, 1.165) is 28.5 Å². The van der Waals surface area contributed by atoms with E-state index in [-0.39, 0.29) is 18.7 Å². The highest BCUT2D eigenvalue weighted by molar-refractivity contribution is 7.99. The smallest absolute Gasteiger partial charge is 0.119 e. The topological polar surface area (TPSA) is 41.5 Å². The van der Waals surface area contributed by atoms with Crippen molar-refractivity contribution in [1.82, 2.24) is 5.32 Å². The first-order valence-electron chi connectivity index (χ1n) is 7.64. The third-order valence-corrected chi connectivity index (χ3v) is 5.45. The molecule has 1 heterocycles. The molecule has 0 aromatic heterocycles. The van der Waals surface area contributed by atoms with Gasteiger partial charge in [0.2, 0.25) is 0 Å². The molecule has 2 atom stereocenters. The summed E-state index contributed by atoms with van der Waals surface area (Å²) in [5.74, 6) is 1.85. The number of aliphatic hydroxyl groups is 1. The van der Waals surface area contributed by atoms with Crippen LogP contribution in [0.1, 0.15) is 29.6 Å². The van der Waals surface area contributed by atoms with Gasteiger partial charge in [0.15, 0.2) is 0 Å². The van der Waals surface area contributed by atoms with Crippen molar-refractivity contribution in [2.45, 2.75) is 23.4 Å². The van der Waals surface area contributed by atoms with Gasteiger partial charge in [0.1, 0.15) is 5.75 Å². The van der Waals surface area contributed by atoms with Crippen molar-refractivity contribution in [2.75, 3.05) is 19.5 Å². The predicted octanol–water partition coefficient (Wildman–Crippen LogP) is 4.21. The van der Waals surface area contributed by atoms with E-state index < -0.39 is 0 Å². The summed E-state index contributed by atoms with van der Waals surface area (Å²) in [5.41, 5.74) is 2.24. The molecule has 3 rings (SSSR count). The number of ether oxygens (including phenoxy) is 1. The molecule has 0 spiro atoms. The lowest BCUT2D eigenvalue weighted by Gasteiger charge is -2.30. The molecule has 3 nitrogen and oxygen atoms in total. The molecular formula is C18H20ClNO2S. The Labute approximate surface area is 146 Å². The second-order valence-corrected chi connectivity index (χ2v) is 7.12. The van der Waals surface area contributed by atoms with Gasteiger partial charge >= 0.3 is 0 Å². The van der Waals surface area contributed by atoms with E-state index in [9.17, 15) is 5.11 Å². The maximum atomic E-state index is 9.84. The van der Waals surface area contributed by atoms with Gasteiger partial charge in [-0.1, -0.05) is 23.7 Å². The normalized spacial score (nSPS) is 18.3. The molecule has 2 N–H and O–H groups in total. The Kier molecular flexibility index (Phi) is 5.49. The van der Waals surface area contributed by atoms with Crippen LogP contribution in [0.25, 0.3) is 0 Å². The van der Waals surface area contributed by atoms with Crippen LogP contribution >= 0.6 is 23.4 Å². The minimum atomic E-state index is -0.134. The SMILES string of the molecule is COc1cccc(C(CO)NC2CCSc3ccc(Cl)cc32)c1. The van der Waals surface area contributed by atoms with Gasteiger partial charge in [-0.15, -0.1) is 11.8 Å². The molecular weight excluding hydrogens is 330 g/mol. The number of rotatable bonds is 5. The number of halogens is 1. The third kappa shape index (κ3) is 3.83. The molecule has 2 aromatic carbocycles. The molecule has 2 aromatic rings. The first-order chi connectivity index (χ1) is 11.2. The number of fused-ring (bicyclic) bond motifs is 1. The van der Waals surface area contributed by atoms with E-state index in [0.29, 0.717) is 0 Å². The maximum absolute atomic E-state index is 9.84. The molecule has 0 fully saturated rings. The van der Waals surface area contributed by atoms with E-state index in [1.165, 1.54) is 10.5 Å². The molecule has 1 aliphatic heterocycles. The van der Waals surface area contributed by atoms with Crippen LogP contribution in [0.4, 0.5) is 0 Å². The molecule has 23 heavy (non-hydrogen) atoms. The standard InChI is InChI=1S/C18H20ClNO2S/c1-22-14-4-2-3-12(9-14)17(11-21)20-16-7-8-23-18-6-5-13(19)10-15(16)18/h2-6,9-10,16-17,20-21H,7-8,11H2,1H3. The van der Waals surface area contributed by atoms with E-state index >= 15 is 0 Å². The molecule has 0 aliphatic carbocycles. The maximum Gasteiger partial charge on any atom is 0.119 e. The van der Waals surface area contributed by atoms with Crippen LogP contribution in [-0.4, -0.2) is 24.6 Å². The summed E-state index contributed by atoms with van der Waals surface area (Å²) in [5, 5.41) is 14.2. The minimum Gasteiger partial charge on any atom is -0.497 e. The monoisotopic (exact) mass is 349 g/mol. The van der Waals surface area contributed by atoms with Crippen LogP contribution in [0, 0.1) is 0 Å². The van der Waals surface area contributed by atoms with Crippen LogP contribution in [0.15, 0.2) is 47.4 Å². The molecule has 0 bridgehead atoms. The number of nitrogens with one attached hydrogen (secondary N) is 1. The van der Waals surface area contributed by atoms with Gasteiger partial charge in [0.05, 0.1) is 19.8 Å². The van der Waals surface area contributed by atoms with Crippen LogP contribution in [0.5, 0.6) is 5.75 Å². The van der Waals surface area contributed by atoms with Crippen molar-refractivity contribution in [1.29, 1.82) is 0 Å². The predicted molar refractivity (Wildman–Crippen MR) is 95.5 cm³/mol. The second-order valence-electron chi connectivity index (χ2n) is 5.55. The van der Waals surface area contributed by atoms with Gasteiger partial charge < -0.3 is 15.2 Å². The van der Waals surface area contributed by atoms with Crippen molar-refractivity contribution >= 4 is 23.4 Å². The average Bonchev–Trinajstić information content (AvgIpc) is 2.59. The van der Waals surface area contributed by atoms with Crippen molar-refractivity contribution in [2.24, 2.45) is 0 Å². The quantitative estimate of drug-likeness (QED) is 0.848. The van der Waals surface area contributed by atoms with Gasteiger partial charge in [-0.3, -0.25) is 0 Å². The first kappa shape index (κ1) is 16.7. The number of thioether (sulfide) groups is 1. The van der Waals surface area contributed by atoms with Crippen LogP contribution < -0.4 is 10.1 Å². The highest BCUT2D eigenvalue weighted by Gasteiger charge is 2.24. The average molecular weight is 350 g/mol. The lowest BCUT2D eigenvalue weighted by Crippen LogP contribution is -2.31. The number of aliphatic hydroxyl groups excluding tert-OH is 1. The van der Waals surface area contributed by atoms with E-state index in [1.807, 2.05) is 48.2 Å². The van der Waals surface area contributed by atoms with Gasteiger partial charge in [-0.2, -0.15) is 0 Å². The highest BCUT2D eigenvalue weighted by atomic mass is 35.5. The fourth-order valence-corrected chi connectivity index (χ4v) is 4.18. The largest absolute Gasteiger partial charge is 0.497 e. The Morgan fingerprint density at radius 3 is 3.00 bits per heavy atom. The second kappa shape index (κ2) is 7.58. The van der Waals surface area contributed by atoms with Crippen molar-refractivity contribution in [3.63, 3.8) is 0 Å². The molecule has 122 valence electrons. The number of hydrogen-bond donors (Lipinski definition) is 2. The Balaban J connectivity index is 1.84. The summed E-state index contributed by atoms with van der Waals surface area (Å²) in [6.07, 6.45) is 1.01. The third-order valence-electron chi connectivity index (χ3n) is 4.09. The number of hydrogen-bond acceptors (Lipinski definition) is 4. The van der Waals surface area contributed by atoms with Crippen molar-refractivity contribution < 1.29 is 9.84 Å². The van der Waals surface area contributed by atoms with Gasteiger partial charge in [-0.25, -0.2) is 0 Å². The minimum absolute atomic E-state index is 0.0344. The fourth-order valence-electron chi connectivity index (χ4n) is 2.89. The molecule has 0 radical (unpaired) electrons. The van der Waals surface area contributed by atoms with E-state index in [2.05, 4.69) is 11.4 Å². The molecule has 0 amide bonds. The van der Waals surface area contributed by atoms with Crippen LogP contribution in [-0.2, 0) is 0 Å². The zero-order valence-electron chi connectivity index (χ0n) is 13.0. The van der Waals surface area contributed by atoms with Gasteiger partial charge in [0.25, 0.3) is 0 Å². The van der Waals surface area contributed by atoms with Crippen molar-refractivity contribution in [3.05, 3.63) is 58.6 Å². The molecule has 0 saturated heterocycles.